The van der Waals surface area contributed by atoms with Gasteiger partial charge in [0.05, 0.1) is 30.3 Å². The minimum Gasteiger partial charge on any atom is -0.348 e. The highest BCUT2D eigenvalue weighted by Gasteiger charge is 2.37. The predicted molar refractivity (Wildman–Crippen MR) is 116 cm³/mol. The largest absolute Gasteiger partial charge is 0.416 e. The van der Waals surface area contributed by atoms with E-state index in [9.17, 15) is 31.1 Å². The molecule has 2 aromatic carbocycles. The fraction of sp³-hybridized carbons (Fsp3) is 0.333. The fourth-order valence-electron chi connectivity index (χ4n) is 3.77. The van der Waals surface area contributed by atoms with E-state index in [4.69, 9.17) is 9.47 Å². The minimum absolute atomic E-state index is 0.0813. The number of aromatic nitrogens is 2. The molecule has 0 aliphatic carbocycles. The molecular formula is C24H21F6N3O3. The first-order valence-corrected chi connectivity index (χ1v) is 10.8. The van der Waals surface area contributed by atoms with Gasteiger partial charge >= 0.3 is 12.4 Å². The van der Waals surface area contributed by atoms with Gasteiger partial charge in [-0.25, -0.2) is 4.98 Å². The van der Waals surface area contributed by atoms with E-state index in [0.29, 0.717) is 24.4 Å². The van der Waals surface area contributed by atoms with Gasteiger partial charge in [0, 0.05) is 12.2 Å². The number of nitrogens with one attached hydrogen (secondary N) is 1. The van der Waals surface area contributed by atoms with Crippen LogP contribution in [0.2, 0.25) is 0 Å². The summed E-state index contributed by atoms with van der Waals surface area (Å²) >= 11 is 0. The molecule has 1 N–H and O–H groups in total. The number of benzene rings is 2. The van der Waals surface area contributed by atoms with Gasteiger partial charge in [-0.1, -0.05) is 12.1 Å². The van der Waals surface area contributed by atoms with E-state index < -0.39 is 35.2 Å². The van der Waals surface area contributed by atoms with E-state index in [1.807, 2.05) is 0 Å². The summed E-state index contributed by atoms with van der Waals surface area (Å²) in [6.45, 7) is 4.04. The maximum Gasteiger partial charge on any atom is 0.416 e. The van der Waals surface area contributed by atoms with Gasteiger partial charge in [-0.2, -0.15) is 26.3 Å². The molecule has 1 atom stereocenters. The predicted octanol–water partition coefficient (Wildman–Crippen LogP) is 5.46. The van der Waals surface area contributed by atoms with Crippen LogP contribution in [0.1, 0.15) is 35.5 Å². The molecule has 0 spiro atoms. The number of rotatable bonds is 5. The van der Waals surface area contributed by atoms with Crippen molar-refractivity contribution in [3.63, 3.8) is 0 Å². The van der Waals surface area contributed by atoms with Crippen molar-refractivity contribution in [2.24, 2.45) is 0 Å². The van der Waals surface area contributed by atoms with Gasteiger partial charge in [0.1, 0.15) is 11.8 Å². The van der Waals surface area contributed by atoms with E-state index in [0.717, 1.165) is 0 Å². The highest BCUT2D eigenvalue weighted by molar-refractivity contribution is 5.93. The van der Waals surface area contributed by atoms with Crippen molar-refractivity contribution >= 4 is 5.91 Å². The number of amides is 1. The summed E-state index contributed by atoms with van der Waals surface area (Å²) in [5.41, 5.74) is -2.28. The quantitative estimate of drug-likeness (QED) is 0.461. The van der Waals surface area contributed by atoms with Gasteiger partial charge in [0.2, 0.25) is 0 Å². The van der Waals surface area contributed by atoms with Crippen molar-refractivity contribution in [2.45, 2.75) is 38.1 Å². The molecule has 6 nitrogen and oxygen atoms in total. The lowest BCUT2D eigenvalue weighted by atomic mass is 9.99. The second-order valence-electron chi connectivity index (χ2n) is 8.65. The monoisotopic (exact) mass is 513 g/mol. The molecule has 0 radical (unpaired) electrons. The number of ether oxygens (including phenoxy) is 2. The lowest BCUT2D eigenvalue weighted by Gasteiger charge is -2.17. The topological polar surface area (TPSA) is 65.4 Å². The van der Waals surface area contributed by atoms with Crippen molar-refractivity contribution in [3.05, 3.63) is 71.8 Å². The van der Waals surface area contributed by atoms with E-state index in [1.165, 1.54) is 41.4 Å². The number of nitrogens with zero attached hydrogens (tertiary/aromatic N) is 2. The van der Waals surface area contributed by atoms with Gasteiger partial charge in [-0.05, 0) is 55.3 Å². The zero-order valence-electron chi connectivity index (χ0n) is 19.1. The summed E-state index contributed by atoms with van der Waals surface area (Å²) in [4.78, 5) is 16.7. The Hall–Kier alpha value is -3.38. The first-order chi connectivity index (χ1) is 16.7. The molecule has 1 aromatic heterocycles. The third-order valence-corrected chi connectivity index (χ3v) is 5.50. The summed E-state index contributed by atoms with van der Waals surface area (Å²) in [6, 6.07) is 7.09. The molecule has 1 fully saturated rings. The molecule has 4 rings (SSSR count). The van der Waals surface area contributed by atoms with Crippen LogP contribution in [0.15, 0.2) is 55.0 Å². The van der Waals surface area contributed by atoms with E-state index in [-0.39, 0.29) is 35.5 Å². The molecular weight excluding hydrogens is 492 g/mol. The number of carbonyl (C=O) groups is 1. The molecule has 3 aromatic rings. The van der Waals surface area contributed by atoms with Crippen LogP contribution in [-0.4, -0.2) is 40.5 Å². The number of hydrogen-bond donors (Lipinski definition) is 1. The molecule has 1 saturated heterocycles. The molecule has 0 saturated carbocycles. The average Bonchev–Trinajstić information content (AvgIpc) is 3.42. The van der Waals surface area contributed by atoms with Crippen LogP contribution in [0, 0.1) is 0 Å². The summed E-state index contributed by atoms with van der Waals surface area (Å²) in [5, 5.41) is 2.74. The fourth-order valence-corrected chi connectivity index (χ4v) is 3.77. The Kier molecular flexibility index (Phi) is 6.60. The molecule has 0 bridgehead atoms. The van der Waals surface area contributed by atoms with Crippen LogP contribution in [-0.2, 0) is 21.8 Å². The van der Waals surface area contributed by atoms with Gasteiger partial charge in [-0.15, -0.1) is 0 Å². The van der Waals surface area contributed by atoms with Gasteiger partial charge in [0.25, 0.3) is 5.91 Å². The Morgan fingerprint density at radius 1 is 1.03 bits per heavy atom. The summed E-state index contributed by atoms with van der Waals surface area (Å²) in [7, 11) is 0. The van der Waals surface area contributed by atoms with E-state index in [1.54, 1.807) is 13.8 Å². The van der Waals surface area contributed by atoms with Crippen LogP contribution in [0.3, 0.4) is 0 Å². The van der Waals surface area contributed by atoms with Crippen LogP contribution < -0.4 is 5.32 Å². The summed E-state index contributed by atoms with van der Waals surface area (Å²) in [5.74, 6) is -1.18. The maximum atomic E-state index is 13.2. The second kappa shape index (κ2) is 9.25. The van der Waals surface area contributed by atoms with E-state index >= 15 is 0 Å². The van der Waals surface area contributed by atoms with Crippen molar-refractivity contribution in [2.75, 3.05) is 13.2 Å². The summed E-state index contributed by atoms with van der Waals surface area (Å²) in [6.07, 6.45) is -7.51. The highest BCUT2D eigenvalue weighted by atomic mass is 19.4. The number of alkyl halides is 6. The number of imidazole rings is 1. The van der Waals surface area contributed by atoms with Crippen LogP contribution in [0.5, 0.6) is 0 Å². The molecule has 1 aliphatic rings. The van der Waals surface area contributed by atoms with Crippen LogP contribution >= 0.6 is 0 Å². The molecule has 1 aliphatic heterocycles. The second-order valence-corrected chi connectivity index (χ2v) is 8.65. The van der Waals surface area contributed by atoms with E-state index in [2.05, 4.69) is 10.3 Å². The number of halogens is 6. The smallest absolute Gasteiger partial charge is 0.348 e. The van der Waals surface area contributed by atoms with Crippen molar-refractivity contribution in [1.29, 1.82) is 0 Å². The standard InChI is InChI=1S/C24H21F6N3O3/c1-22(2)35-12-19(36-22)10-32-21(34)20-11-31-13-33(20)18-5-3-14(4-6-18)15-7-16(23(25,26)27)9-17(8-15)24(28,29)30/h3-9,11,13,19H,10,12H2,1-2H3,(H,32,34)/t19-/m0/s1. The first kappa shape index (κ1) is 25.7. The Morgan fingerprint density at radius 2 is 1.64 bits per heavy atom. The number of carbonyl (C=O) groups excluding carboxylic acids is 1. The third kappa shape index (κ3) is 5.71. The Balaban J connectivity index is 1.55. The lowest BCUT2D eigenvalue weighted by Crippen LogP contribution is -2.35. The first-order valence-electron chi connectivity index (χ1n) is 10.8. The lowest BCUT2D eigenvalue weighted by molar-refractivity contribution is -0.143. The highest BCUT2D eigenvalue weighted by Crippen LogP contribution is 2.38. The Labute approximate surface area is 201 Å². The zero-order valence-corrected chi connectivity index (χ0v) is 19.1. The number of hydrogen-bond acceptors (Lipinski definition) is 4. The van der Waals surface area contributed by atoms with Crippen molar-refractivity contribution in [1.82, 2.24) is 14.9 Å². The third-order valence-electron chi connectivity index (χ3n) is 5.50. The zero-order chi connectivity index (χ0) is 26.3. The molecule has 36 heavy (non-hydrogen) atoms. The van der Waals surface area contributed by atoms with Crippen LogP contribution in [0.4, 0.5) is 26.3 Å². The molecule has 0 unspecified atom stereocenters. The van der Waals surface area contributed by atoms with Gasteiger partial charge in [-0.3, -0.25) is 9.36 Å². The molecule has 192 valence electrons. The van der Waals surface area contributed by atoms with Gasteiger partial charge in [0.15, 0.2) is 5.79 Å². The average molecular weight is 513 g/mol. The molecule has 2 heterocycles. The SMILES string of the molecule is CC1(C)OC[C@H](CNC(=O)c2cncn2-c2ccc(-c3cc(C(F)(F)F)cc(C(F)(F)F)c3)cc2)O1. The normalized spacial score (nSPS) is 17.8. The Morgan fingerprint density at radius 3 is 2.17 bits per heavy atom. The summed E-state index contributed by atoms with van der Waals surface area (Å²) < 4.78 is 91.7. The van der Waals surface area contributed by atoms with Crippen molar-refractivity contribution < 1.29 is 40.6 Å². The van der Waals surface area contributed by atoms with Crippen molar-refractivity contribution in [3.8, 4) is 16.8 Å². The van der Waals surface area contributed by atoms with Gasteiger partial charge < -0.3 is 14.8 Å². The molecule has 1 amide bonds. The molecule has 12 heteroatoms. The Bertz CT molecular complexity index is 1220. The maximum absolute atomic E-state index is 13.2. The van der Waals surface area contributed by atoms with Crippen LogP contribution in [0.25, 0.3) is 16.8 Å². The minimum atomic E-state index is -4.94.